The van der Waals surface area contributed by atoms with E-state index in [-0.39, 0.29) is 0 Å². The van der Waals surface area contributed by atoms with Crippen LogP contribution in [-0.4, -0.2) is 76.1 Å². The molecule has 0 aliphatic carbocycles. The standard InChI is InChI=1S/C22H38N6OS/c1-17-8-6-9-18(2)28(17)20(29)16-27-13-7-10-19(27)21-23-24-22(25(21)3)30-15-14-26-11-4-5-12-26/h17-19H,4-16H2,1-3H3/p+2/t17-,18-,19-/m1/s1. The lowest BCUT2D eigenvalue weighted by atomic mass is 9.97. The zero-order valence-corrected chi connectivity index (χ0v) is 19.8. The van der Waals surface area contributed by atoms with E-state index in [9.17, 15) is 4.79 Å². The number of quaternary nitrogens is 2. The average Bonchev–Trinajstić information content (AvgIpc) is 3.45. The number of amides is 1. The van der Waals surface area contributed by atoms with Crippen LogP contribution in [0.5, 0.6) is 0 Å². The van der Waals surface area contributed by atoms with Gasteiger partial charge in [-0.15, -0.1) is 10.2 Å². The summed E-state index contributed by atoms with van der Waals surface area (Å²) in [6.07, 6.45) is 8.53. The molecule has 1 aromatic rings. The molecule has 1 aromatic heterocycles. The summed E-state index contributed by atoms with van der Waals surface area (Å²) in [5.41, 5.74) is 0. The van der Waals surface area contributed by atoms with Gasteiger partial charge in [-0.2, -0.15) is 0 Å². The van der Waals surface area contributed by atoms with Gasteiger partial charge in [0.05, 0.1) is 31.9 Å². The maximum absolute atomic E-state index is 13.2. The summed E-state index contributed by atoms with van der Waals surface area (Å²) >= 11 is 1.84. The van der Waals surface area contributed by atoms with Crippen LogP contribution in [0.15, 0.2) is 5.16 Å². The van der Waals surface area contributed by atoms with Crippen molar-refractivity contribution in [3.8, 4) is 0 Å². The number of rotatable bonds is 7. The van der Waals surface area contributed by atoms with Gasteiger partial charge >= 0.3 is 0 Å². The molecule has 3 fully saturated rings. The predicted octanol–water partition coefficient (Wildman–Crippen LogP) is 0.0952. The van der Waals surface area contributed by atoms with Crippen LogP contribution in [0.3, 0.4) is 0 Å². The molecule has 30 heavy (non-hydrogen) atoms. The normalized spacial score (nSPS) is 30.3. The van der Waals surface area contributed by atoms with E-state index in [0.29, 0.717) is 30.6 Å². The zero-order chi connectivity index (χ0) is 21.1. The first-order chi connectivity index (χ1) is 14.5. The molecule has 168 valence electrons. The molecule has 0 spiro atoms. The molecule has 3 aliphatic heterocycles. The third kappa shape index (κ3) is 4.86. The van der Waals surface area contributed by atoms with E-state index < -0.39 is 0 Å². The number of hydrogen-bond acceptors (Lipinski definition) is 4. The second-order valence-corrected chi connectivity index (χ2v) is 10.7. The van der Waals surface area contributed by atoms with E-state index in [2.05, 4.69) is 40.6 Å². The fourth-order valence-electron chi connectivity index (χ4n) is 5.80. The van der Waals surface area contributed by atoms with E-state index in [4.69, 9.17) is 0 Å². The van der Waals surface area contributed by atoms with E-state index >= 15 is 0 Å². The summed E-state index contributed by atoms with van der Waals surface area (Å²) in [4.78, 5) is 18.4. The number of aromatic nitrogens is 3. The molecule has 4 atom stereocenters. The highest BCUT2D eigenvalue weighted by molar-refractivity contribution is 7.99. The average molecular weight is 437 g/mol. The number of likely N-dealkylation sites (tertiary alicyclic amines) is 3. The van der Waals surface area contributed by atoms with Gasteiger partial charge in [-0.25, -0.2) is 0 Å². The van der Waals surface area contributed by atoms with Gasteiger partial charge in [0.25, 0.3) is 5.91 Å². The lowest BCUT2D eigenvalue weighted by Crippen LogP contribution is -3.11. The van der Waals surface area contributed by atoms with Crippen molar-refractivity contribution in [3.63, 3.8) is 0 Å². The Hall–Kier alpha value is -1.12. The fourth-order valence-corrected chi connectivity index (χ4v) is 6.76. The third-order valence-corrected chi connectivity index (χ3v) is 8.54. The second kappa shape index (κ2) is 10.0. The molecule has 0 aromatic carbocycles. The van der Waals surface area contributed by atoms with E-state index in [1.807, 2.05) is 11.8 Å². The molecule has 4 rings (SSSR count). The molecule has 3 saturated heterocycles. The summed E-state index contributed by atoms with van der Waals surface area (Å²) in [5.74, 6) is 2.49. The van der Waals surface area contributed by atoms with Gasteiger partial charge in [-0.05, 0) is 33.1 Å². The molecular weight excluding hydrogens is 396 g/mol. The summed E-state index contributed by atoms with van der Waals surface area (Å²) in [7, 11) is 2.10. The van der Waals surface area contributed by atoms with Gasteiger partial charge in [0.15, 0.2) is 17.5 Å². The Morgan fingerprint density at radius 1 is 1.03 bits per heavy atom. The van der Waals surface area contributed by atoms with Gasteiger partial charge in [-0.1, -0.05) is 11.8 Å². The second-order valence-electron chi connectivity index (χ2n) is 9.67. The molecule has 1 amide bonds. The Morgan fingerprint density at radius 3 is 2.50 bits per heavy atom. The Kier molecular flexibility index (Phi) is 7.36. The summed E-state index contributed by atoms with van der Waals surface area (Å²) < 4.78 is 2.19. The maximum atomic E-state index is 13.2. The number of piperidine rings is 1. The van der Waals surface area contributed by atoms with Gasteiger partial charge < -0.3 is 19.3 Å². The minimum Gasteiger partial charge on any atom is -0.334 e. The molecule has 0 bridgehead atoms. The Bertz CT molecular complexity index is 708. The van der Waals surface area contributed by atoms with Crippen LogP contribution >= 0.6 is 11.8 Å². The highest BCUT2D eigenvalue weighted by Gasteiger charge is 2.38. The quantitative estimate of drug-likeness (QED) is 0.595. The fraction of sp³-hybridized carbons (Fsp3) is 0.864. The molecule has 7 nitrogen and oxygen atoms in total. The number of carbonyl (C=O) groups is 1. The molecule has 0 saturated carbocycles. The van der Waals surface area contributed by atoms with Crippen molar-refractivity contribution in [3.05, 3.63) is 5.82 Å². The van der Waals surface area contributed by atoms with Crippen molar-refractivity contribution in [1.82, 2.24) is 19.7 Å². The molecule has 1 unspecified atom stereocenters. The molecular formula is C22H40N6OS+2. The highest BCUT2D eigenvalue weighted by atomic mass is 32.2. The Labute approximate surface area is 185 Å². The van der Waals surface area contributed by atoms with Crippen LogP contribution in [0.4, 0.5) is 0 Å². The first-order valence-electron chi connectivity index (χ1n) is 12.1. The van der Waals surface area contributed by atoms with Crippen LogP contribution in [0, 0.1) is 0 Å². The van der Waals surface area contributed by atoms with Gasteiger partial charge in [-0.3, -0.25) is 4.79 Å². The SMILES string of the molecule is C[C@@H]1CCC[C@@H](C)N1C(=O)C[NH+]1CCC[C@@H]1c1nnc(SCC[NH+]2CCCC2)n1C. The lowest BCUT2D eigenvalue weighted by molar-refractivity contribution is -0.911. The van der Waals surface area contributed by atoms with Crippen LogP contribution in [-0.2, 0) is 11.8 Å². The minimum atomic E-state index is 0.292. The number of thioether (sulfide) groups is 1. The predicted molar refractivity (Wildman–Crippen MR) is 119 cm³/mol. The van der Waals surface area contributed by atoms with Gasteiger partial charge in [0, 0.05) is 44.8 Å². The number of nitrogens with zero attached hydrogens (tertiary/aromatic N) is 4. The molecule has 2 N–H and O–H groups in total. The highest BCUT2D eigenvalue weighted by Crippen LogP contribution is 2.24. The maximum Gasteiger partial charge on any atom is 0.278 e. The topological polar surface area (TPSA) is 59.9 Å². The summed E-state index contributed by atoms with van der Waals surface area (Å²) in [6.45, 7) is 9.93. The zero-order valence-electron chi connectivity index (χ0n) is 19.0. The van der Waals surface area contributed by atoms with Gasteiger partial charge in [0.1, 0.15) is 6.04 Å². The summed E-state index contributed by atoms with van der Waals surface area (Å²) in [5, 5.41) is 10.1. The number of carbonyl (C=O) groups excluding carboxylic acids is 1. The minimum absolute atomic E-state index is 0.292. The Morgan fingerprint density at radius 2 is 1.77 bits per heavy atom. The van der Waals surface area contributed by atoms with Crippen molar-refractivity contribution in [1.29, 1.82) is 0 Å². The van der Waals surface area contributed by atoms with Crippen LogP contribution in [0.25, 0.3) is 0 Å². The van der Waals surface area contributed by atoms with E-state index in [0.717, 1.165) is 49.0 Å². The van der Waals surface area contributed by atoms with Crippen molar-refractivity contribution in [2.24, 2.45) is 7.05 Å². The number of nitrogens with one attached hydrogen (secondary N) is 2. The molecule has 8 heteroatoms. The van der Waals surface area contributed by atoms with Gasteiger partial charge in [0.2, 0.25) is 0 Å². The van der Waals surface area contributed by atoms with Crippen LogP contribution in [0.1, 0.15) is 70.7 Å². The van der Waals surface area contributed by atoms with Crippen molar-refractivity contribution in [2.45, 2.75) is 82.1 Å². The first kappa shape index (κ1) is 22.1. The lowest BCUT2D eigenvalue weighted by Gasteiger charge is -2.39. The van der Waals surface area contributed by atoms with E-state index in [1.54, 1.807) is 4.90 Å². The molecule has 0 radical (unpaired) electrons. The van der Waals surface area contributed by atoms with Crippen molar-refractivity contribution >= 4 is 17.7 Å². The first-order valence-corrected chi connectivity index (χ1v) is 13.0. The number of hydrogen-bond donors (Lipinski definition) is 2. The van der Waals surface area contributed by atoms with Crippen LogP contribution < -0.4 is 9.80 Å². The smallest absolute Gasteiger partial charge is 0.278 e. The van der Waals surface area contributed by atoms with Crippen molar-refractivity contribution < 1.29 is 14.6 Å². The van der Waals surface area contributed by atoms with E-state index in [1.165, 1.54) is 43.8 Å². The third-order valence-electron chi connectivity index (χ3n) is 7.52. The Balaban J connectivity index is 1.36. The van der Waals surface area contributed by atoms with Crippen molar-refractivity contribution in [2.75, 3.05) is 38.5 Å². The van der Waals surface area contributed by atoms with Crippen LogP contribution in [0.2, 0.25) is 0 Å². The largest absolute Gasteiger partial charge is 0.334 e. The monoisotopic (exact) mass is 436 g/mol. The molecule has 4 heterocycles. The summed E-state index contributed by atoms with van der Waals surface area (Å²) in [6, 6.07) is 1.04. The molecule has 3 aliphatic rings.